The summed E-state index contributed by atoms with van der Waals surface area (Å²) in [6.45, 7) is 0.412. The number of rotatable bonds is 7. The maximum absolute atomic E-state index is 11.1. The van der Waals surface area contributed by atoms with E-state index in [1.165, 1.54) is 6.21 Å². The van der Waals surface area contributed by atoms with Gasteiger partial charge in [-0.1, -0.05) is 29.8 Å². The number of fused-ring (bicyclic) bond motifs is 2. The van der Waals surface area contributed by atoms with Crippen molar-refractivity contribution in [2.45, 2.75) is 6.04 Å². The first kappa shape index (κ1) is 23.6. The van der Waals surface area contributed by atoms with Gasteiger partial charge in [-0.2, -0.15) is 5.10 Å². The van der Waals surface area contributed by atoms with Crippen LogP contribution in [0.15, 0.2) is 53.5 Å². The molecule has 0 unspecified atom stereocenters. The highest BCUT2D eigenvalue weighted by molar-refractivity contribution is 6.36. The number of ether oxygens (including phenoxy) is 2. The number of aliphatic hydroxyl groups is 1. The number of nitrogens with zero attached hydrogens (tertiary/aromatic N) is 4. The summed E-state index contributed by atoms with van der Waals surface area (Å²) in [5, 5.41) is 26.6. The largest absolute Gasteiger partial charge is 0.486 e. The minimum Gasteiger partial charge on any atom is -0.486 e. The molecule has 1 aliphatic heterocycles. The lowest BCUT2D eigenvalue weighted by molar-refractivity contribution is -0.139. The first-order valence-electron chi connectivity index (χ1n) is 11.1. The molecular weight excluding hydrogens is 486 g/mol. The van der Waals surface area contributed by atoms with Crippen LogP contribution in [0.25, 0.3) is 22.2 Å². The van der Waals surface area contributed by atoms with Crippen LogP contribution >= 0.6 is 11.6 Å². The number of aliphatic imine (C=N–C) groups is 1. The zero-order valence-corrected chi connectivity index (χ0v) is 19.9. The average Bonchev–Trinajstić information content (AvgIpc) is 3.19. The van der Waals surface area contributed by atoms with E-state index in [0.29, 0.717) is 52.5 Å². The van der Waals surface area contributed by atoms with E-state index in [1.807, 2.05) is 42.5 Å². The van der Waals surface area contributed by atoms with E-state index in [4.69, 9.17) is 26.2 Å². The van der Waals surface area contributed by atoms with Crippen LogP contribution in [0.5, 0.6) is 11.5 Å². The lowest BCUT2D eigenvalue weighted by Crippen LogP contribution is -2.22. The summed E-state index contributed by atoms with van der Waals surface area (Å²) in [6.07, 6.45) is 1.32. The second kappa shape index (κ2) is 9.84. The van der Waals surface area contributed by atoms with E-state index >= 15 is 0 Å². The number of aliphatic carboxylic acids is 1. The first-order valence-corrected chi connectivity index (χ1v) is 11.5. The van der Waals surface area contributed by atoms with Crippen LogP contribution in [-0.2, 0) is 11.8 Å². The molecule has 1 atom stereocenters. The fourth-order valence-corrected chi connectivity index (χ4v) is 4.14. The second-order valence-electron chi connectivity index (χ2n) is 8.04. The summed E-state index contributed by atoms with van der Waals surface area (Å²) < 4.78 is 13.0. The minimum absolute atomic E-state index is 0.425. The molecule has 4 aromatic rings. The van der Waals surface area contributed by atoms with Crippen LogP contribution in [0, 0.1) is 0 Å². The molecule has 11 heteroatoms. The third-order valence-electron chi connectivity index (χ3n) is 5.67. The zero-order chi connectivity index (χ0) is 25.2. The zero-order valence-electron chi connectivity index (χ0n) is 19.2. The van der Waals surface area contributed by atoms with Gasteiger partial charge in [0.05, 0.1) is 28.5 Å². The topological polar surface area (TPSA) is 131 Å². The van der Waals surface area contributed by atoms with Gasteiger partial charge in [0.2, 0.25) is 0 Å². The smallest absolute Gasteiger partial charge is 0.330 e. The Morgan fingerprint density at radius 1 is 1.22 bits per heavy atom. The molecular formula is C25H22ClN5O5. The fraction of sp³-hybridized carbons (Fsp3) is 0.200. The molecule has 3 heterocycles. The van der Waals surface area contributed by atoms with Gasteiger partial charge in [0.15, 0.2) is 23.4 Å². The van der Waals surface area contributed by atoms with Gasteiger partial charge in [0, 0.05) is 18.8 Å². The van der Waals surface area contributed by atoms with Gasteiger partial charge in [0.1, 0.15) is 18.7 Å². The molecule has 0 bridgehead atoms. The first-order chi connectivity index (χ1) is 17.4. The highest BCUT2D eigenvalue weighted by Gasteiger charge is 2.17. The molecule has 0 fully saturated rings. The molecule has 3 N–H and O–H groups in total. The highest BCUT2D eigenvalue weighted by atomic mass is 35.5. The van der Waals surface area contributed by atoms with Gasteiger partial charge in [-0.3, -0.25) is 9.67 Å². The number of anilines is 2. The Balaban J connectivity index is 1.47. The van der Waals surface area contributed by atoms with Crippen molar-refractivity contribution in [1.82, 2.24) is 14.8 Å². The molecule has 36 heavy (non-hydrogen) atoms. The van der Waals surface area contributed by atoms with Crippen molar-refractivity contribution in [3.63, 3.8) is 0 Å². The second-order valence-corrected chi connectivity index (χ2v) is 8.42. The predicted octanol–water partition coefficient (Wildman–Crippen LogP) is 3.67. The Labute approximate surface area is 210 Å². The molecule has 0 amide bonds. The van der Waals surface area contributed by atoms with E-state index in [-0.39, 0.29) is 0 Å². The van der Waals surface area contributed by atoms with Gasteiger partial charge in [-0.25, -0.2) is 9.78 Å². The summed E-state index contributed by atoms with van der Waals surface area (Å²) in [5.41, 5.74) is 4.06. The number of pyridine rings is 1. The number of aliphatic hydroxyl groups excluding tert-OH is 1. The maximum atomic E-state index is 11.1. The number of halogens is 1. The van der Waals surface area contributed by atoms with Gasteiger partial charge in [0.25, 0.3) is 0 Å². The Morgan fingerprint density at radius 3 is 2.81 bits per heavy atom. The number of carboxylic acids is 1. The van der Waals surface area contributed by atoms with Gasteiger partial charge in [-0.15, -0.1) is 0 Å². The van der Waals surface area contributed by atoms with E-state index in [2.05, 4.69) is 20.4 Å². The third kappa shape index (κ3) is 4.56. The molecule has 0 saturated heterocycles. The number of benzene rings is 2. The molecule has 0 saturated carbocycles. The molecule has 2 aromatic heterocycles. The number of nitrogens with one attached hydrogen (secondary N) is 1. The number of aromatic nitrogens is 3. The van der Waals surface area contributed by atoms with Crippen molar-refractivity contribution < 1.29 is 24.5 Å². The summed E-state index contributed by atoms with van der Waals surface area (Å²) >= 11 is 6.81. The number of hydrogen-bond acceptors (Lipinski definition) is 8. The molecule has 0 aliphatic carbocycles. The van der Waals surface area contributed by atoms with Crippen LogP contribution < -0.4 is 14.8 Å². The van der Waals surface area contributed by atoms with Crippen LogP contribution in [0.4, 0.5) is 11.5 Å². The standard InChI is InChI=1S/C25H22ClN5O5/c1-31-19-7-6-15(12-27-18(13-32)25(33)34)28-23(19)24(30-31)29-17-4-2-3-16(22(17)26)14-5-8-20-21(11-14)36-10-9-35-20/h2-8,11-12,18,32H,9-10,13H2,1H3,(H,29,30)(H,33,34)/t18-/m0/s1. The maximum Gasteiger partial charge on any atom is 0.330 e. The van der Waals surface area contributed by atoms with Crippen molar-refractivity contribution >= 4 is 46.3 Å². The molecule has 5 rings (SSSR count). The van der Waals surface area contributed by atoms with E-state index in [1.54, 1.807) is 17.8 Å². The molecule has 0 radical (unpaired) electrons. The molecule has 184 valence electrons. The third-order valence-corrected chi connectivity index (χ3v) is 6.08. The lowest BCUT2D eigenvalue weighted by Gasteiger charge is -2.19. The predicted molar refractivity (Wildman–Crippen MR) is 136 cm³/mol. The Kier molecular flexibility index (Phi) is 6.45. The lowest BCUT2D eigenvalue weighted by atomic mass is 10.0. The summed E-state index contributed by atoms with van der Waals surface area (Å²) in [5.74, 6) is 0.634. The molecule has 0 spiro atoms. The fourth-order valence-electron chi connectivity index (χ4n) is 3.85. The number of aryl methyl sites for hydroxylation is 1. The normalized spacial score (nSPS) is 13.8. The summed E-state index contributed by atoms with van der Waals surface area (Å²) in [7, 11) is 1.79. The van der Waals surface area contributed by atoms with Crippen LogP contribution in [0.1, 0.15) is 5.69 Å². The quantitative estimate of drug-likeness (QED) is 0.323. The highest BCUT2D eigenvalue weighted by Crippen LogP contribution is 2.40. The molecule has 2 aromatic carbocycles. The van der Waals surface area contributed by atoms with Gasteiger partial charge in [-0.05, 0) is 35.9 Å². The van der Waals surface area contributed by atoms with E-state index in [0.717, 1.165) is 16.6 Å². The van der Waals surface area contributed by atoms with E-state index in [9.17, 15) is 9.90 Å². The number of carbonyl (C=O) groups is 1. The number of hydrogen-bond donors (Lipinski definition) is 3. The summed E-state index contributed by atoms with van der Waals surface area (Å²) in [4.78, 5) is 19.6. The van der Waals surface area contributed by atoms with Crippen molar-refractivity contribution in [2.24, 2.45) is 12.0 Å². The minimum atomic E-state index is -1.25. The van der Waals surface area contributed by atoms with Crippen molar-refractivity contribution in [3.05, 3.63) is 59.2 Å². The van der Waals surface area contributed by atoms with Crippen molar-refractivity contribution in [3.8, 4) is 22.6 Å². The Morgan fingerprint density at radius 2 is 2.03 bits per heavy atom. The Bertz CT molecular complexity index is 1490. The average molecular weight is 508 g/mol. The van der Waals surface area contributed by atoms with Crippen LogP contribution in [0.2, 0.25) is 5.02 Å². The van der Waals surface area contributed by atoms with Crippen molar-refractivity contribution in [2.75, 3.05) is 25.1 Å². The monoisotopic (exact) mass is 507 g/mol. The van der Waals surface area contributed by atoms with E-state index < -0.39 is 18.6 Å². The summed E-state index contributed by atoms with van der Waals surface area (Å²) in [6, 6.07) is 13.6. The molecule has 10 nitrogen and oxygen atoms in total. The van der Waals surface area contributed by atoms with Crippen LogP contribution in [0.3, 0.4) is 0 Å². The van der Waals surface area contributed by atoms with Gasteiger partial charge < -0.3 is 25.0 Å². The molecule has 1 aliphatic rings. The van der Waals surface area contributed by atoms with Crippen LogP contribution in [-0.4, -0.2) is 63.0 Å². The Hall–Kier alpha value is -4.15. The SMILES string of the molecule is Cn1nc(Nc2cccc(-c3ccc4c(c3)OCCO4)c2Cl)c2nc(C=N[C@@H](CO)C(=O)O)ccc21. The number of carboxylic acid groups (broad SMARTS) is 1. The van der Waals surface area contributed by atoms with Gasteiger partial charge >= 0.3 is 5.97 Å². The van der Waals surface area contributed by atoms with Crippen molar-refractivity contribution in [1.29, 1.82) is 0 Å².